The van der Waals surface area contributed by atoms with Gasteiger partial charge in [0, 0.05) is 103 Å². The number of nitrogens with two attached hydrogens (primary N) is 5. The second-order valence-electron chi connectivity index (χ2n) is 32.7. The molecule has 10 N–H and O–H groups in total. The molecule has 0 unspecified atom stereocenters. The Hall–Kier alpha value is -11.2. The maximum atomic E-state index is 14.6. The maximum absolute atomic E-state index is 14.6. The van der Waals surface area contributed by atoms with Crippen molar-refractivity contribution >= 4 is 59.0 Å². The van der Waals surface area contributed by atoms with Gasteiger partial charge in [0.25, 0.3) is 30.1 Å². The van der Waals surface area contributed by atoms with Crippen LogP contribution in [0.15, 0.2) is 175 Å². The first-order valence-corrected chi connectivity index (χ1v) is 40.4. The largest absolute Gasteiger partial charge is 0.429 e. The van der Waals surface area contributed by atoms with Gasteiger partial charge >= 0.3 is 6.61 Å². The van der Waals surface area contributed by atoms with E-state index in [0.29, 0.717) is 51.7 Å². The second-order valence-corrected chi connectivity index (χ2v) is 32.7. The van der Waals surface area contributed by atoms with Crippen LogP contribution in [-0.4, -0.2) is 119 Å². The van der Waals surface area contributed by atoms with Crippen molar-refractivity contribution in [2.75, 3.05) is 46.8 Å². The molecule has 0 spiro atoms. The van der Waals surface area contributed by atoms with Gasteiger partial charge in [-0.3, -0.25) is 24.0 Å². The number of amidine groups is 5. The summed E-state index contributed by atoms with van der Waals surface area (Å²) in [6, 6.07) is 22.1. The summed E-state index contributed by atoms with van der Waals surface area (Å²) in [7, 11) is 1.53. The quantitative estimate of drug-likeness (QED) is 0.0250. The van der Waals surface area contributed by atoms with Crippen molar-refractivity contribution < 1.29 is 102 Å². The highest BCUT2D eigenvalue weighted by molar-refractivity contribution is 5.86. The third-order valence-corrected chi connectivity index (χ3v) is 19.9. The number of carbonyl (C=O) groups excluding carboxylic acids is 5. The summed E-state index contributed by atoms with van der Waals surface area (Å²) in [5, 5.41) is 0. The highest BCUT2D eigenvalue weighted by atomic mass is 19.3. The lowest BCUT2D eigenvalue weighted by Gasteiger charge is -2.29. The molecule has 5 atom stereocenters. The van der Waals surface area contributed by atoms with Crippen molar-refractivity contribution in [2.45, 2.75) is 197 Å². The lowest BCUT2D eigenvalue weighted by molar-refractivity contribution is -0.126. The molecule has 124 heavy (non-hydrogen) atoms. The van der Waals surface area contributed by atoms with Gasteiger partial charge in [-0.25, -0.2) is 51.3 Å². The van der Waals surface area contributed by atoms with Gasteiger partial charge in [-0.05, 0) is 174 Å². The number of ketones is 5. The summed E-state index contributed by atoms with van der Waals surface area (Å²) < 4.78 is 156. The summed E-state index contributed by atoms with van der Waals surface area (Å²) in [6.45, 7) is 29.2. The minimum atomic E-state index is -2.98. The van der Waals surface area contributed by atoms with E-state index in [4.69, 9.17) is 66.6 Å². The number of allylic oxidation sites excluding steroid dienone is 1. The second kappa shape index (κ2) is 44.9. The predicted octanol–water partition coefficient (Wildman–Crippen LogP) is 15.5. The van der Waals surface area contributed by atoms with E-state index in [0.717, 1.165) is 16.7 Å². The Balaban J connectivity index is 0.000000240. The Morgan fingerprint density at radius 1 is 0.355 bits per heavy atom. The number of hydrogen-bond acceptors (Lipinski definition) is 24. The van der Waals surface area contributed by atoms with Crippen LogP contribution in [0.3, 0.4) is 0 Å². The van der Waals surface area contributed by atoms with Gasteiger partial charge in [0.05, 0.1) is 6.10 Å². The lowest BCUT2D eigenvalue weighted by atomic mass is 9.88. The topological polar surface area (TPSA) is 360 Å². The Labute approximate surface area is 719 Å². The number of aliphatic imine (C=N–C) groups is 5. The van der Waals surface area contributed by atoms with E-state index in [1.165, 1.54) is 61.7 Å². The monoisotopic (exact) mass is 1740 g/mol. The predicted molar refractivity (Wildman–Crippen MR) is 458 cm³/mol. The zero-order valence-electron chi connectivity index (χ0n) is 73.7. The van der Waals surface area contributed by atoms with Crippen LogP contribution in [0.5, 0.6) is 0 Å². The summed E-state index contributed by atoms with van der Waals surface area (Å²) in [4.78, 5) is 80.9. The van der Waals surface area contributed by atoms with Crippen LogP contribution in [-0.2, 0) is 126 Å². The molecule has 24 nitrogen and oxygen atoms in total. The van der Waals surface area contributed by atoms with E-state index in [1.54, 1.807) is 115 Å². The Morgan fingerprint density at radius 2 is 0.573 bits per heavy atom. The Kier molecular flexibility index (Phi) is 36.8. The standard InChI is InChI=1S/C20H27FN2O3.C19H25FN2O3.C18H21F3N2O3.C18H23FN2O3.C17H20F2N2O2/c1-12(2)18(24)9-14-6-7-17(21)16(8-14)20(5)10-15(11-25-13(3)4)26-19(22)23-20;1-5-24-11-14-10-19(4,22-18(21)25-14)15-8-13(6-7-16(15)20)9-17(23)12(2)3;1-10(2)15(24)7-11-4-5-14(19)13(6-11)18(3)8-12(9-25-16(20)21)26-17(22)23-18;1-11(2)16(22)8-12-5-6-15(19)14(7-12)18(3)9-13(10-23-4)24-17(20)21-18;1-10(2)15(22)7-11-4-5-14(19)13(6-11)17(3)8-12(9-18)23-16(20)21-17/h6-8,10,12-13H,9,11H2,1-5H3,(H2,22,23);6-8,10,12H,5,9,11H2,1-4H3,(H2,21,22);4-6,8,10,16H,7,9H2,1-3H3,(H2,22,23);5-7,9,11H,8,10H2,1-4H3,(H2,20,21);4-6,8,10H,7,9H2,1-3H3,(H2,20,21)/t20-;19-;2*18-;17-/m00000/s1. The van der Waals surface area contributed by atoms with Gasteiger partial charge in [-0.1, -0.05) is 99.6 Å². The highest BCUT2D eigenvalue weighted by Crippen LogP contribution is 2.40. The average Bonchev–Trinajstić information content (AvgIpc) is 0.800. The molecule has 0 saturated carbocycles. The van der Waals surface area contributed by atoms with Gasteiger partial charge in [0.2, 0.25) is 0 Å². The first kappa shape index (κ1) is 102. The van der Waals surface area contributed by atoms with Crippen LogP contribution in [0.2, 0.25) is 0 Å². The number of Topliss-reactive ketones (excluding diaryl/α,β-unsaturated/α-hetero) is 5. The number of rotatable bonds is 32. The van der Waals surface area contributed by atoms with Crippen molar-refractivity contribution in [3.05, 3.63) is 235 Å². The van der Waals surface area contributed by atoms with E-state index < -0.39 is 76.7 Å². The van der Waals surface area contributed by atoms with Crippen molar-refractivity contribution in [1.29, 1.82) is 0 Å². The number of hydrogen-bond donors (Lipinski definition) is 5. The summed E-state index contributed by atoms with van der Waals surface area (Å²) in [5.41, 5.74) is 27.9. The maximum Gasteiger partial charge on any atom is 0.345 e. The van der Waals surface area contributed by atoms with Gasteiger partial charge in [0.15, 0.2) is 0 Å². The molecule has 5 aromatic carbocycles. The van der Waals surface area contributed by atoms with E-state index in [9.17, 15) is 59.1 Å². The molecule has 32 heteroatoms. The number of ether oxygens (including phenoxy) is 9. The van der Waals surface area contributed by atoms with E-state index in [-0.39, 0.29) is 169 Å². The summed E-state index contributed by atoms with van der Waals surface area (Å²) in [6.07, 6.45) is 9.00. The van der Waals surface area contributed by atoms with Crippen molar-refractivity contribution in [1.82, 2.24) is 0 Å². The van der Waals surface area contributed by atoms with Crippen LogP contribution < -0.4 is 28.7 Å². The minimum Gasteiger partial charge on any atom is -0.429 e. The fraction of sp³-hybridized carbons (Fsp3) is 0.457. The molecule has 10 rings (SSSR count). The van der Waals surface area contributed by atoms with Gasteiger partial charge in [-0.2, -0.15) is 8.78 Å². The molecule has 0 fully saturated rings. The van der Waals surface area contributed by atoms with Crippen LogP contribution in [0, 0.1) is 58.7 Å². The molecule has 5 aromatic rings. The molecule has 5 aliphatic heterocycles. The zero-order chi connectivity index (χ0) is 92.7. The van der Waals surface area contributed by atoms with Crippen LogP contribution in [0.25, 0.3) is 0 Å². The fourth-order valence-corrected chi connectivity index (χ4v) is 13.0. The molecule has 0 aromatic heterocycles. The van der Waals surface area contributed by atoms with Gasteiger partial charge < -0.3 is 71.3 Å². The third-order valence-electron chi connectivity index (χ3n) is 19.9. The van der Waals surface area contributed by atoms with E-state index >= 15 is 0 Å². The smallest absolute Gasteiger partial charge is 0.345 e. The van der Waals surface area contributed by atoms with Gasteiger partial charge in [-0.15, -0.1) is 0 Å². The molecule has 5 heterocycles. The van der Waals surface area contributed by atoms with Crippen molar-refractivity contribution in [3.63, 3.8) is 0 Å². The molecular weight excluding hydrogens is 1620 g/mol. The number of carbonyl (C=O) groups is 5. The number of alkyl halides is 3. The molecule has 0 saturated heterocycles. The zero-order valence-corrected chi connectivity index (χ0v) is 73.7. The van der Waals surface area contributed by atoms with E-state index in [2.05, 4.69) is 29.7 Å². The Morgan fingerprint density at radius 3 is 0.782 bits per heavy atom. The number of halogens is 8. The molecule has 0 bridgehead atoms. The molecule has 674 valence electrons. The molecule has 0 radical (unpaired) electrons. The number of methoxy groups -OCH3 is 1. The normalized spacial score (nSPS) is 20.2. The first-order valence-electron chi connectivity index (χ1n) is 40.4. The average molecular weight is 1740 g/mol. The third kappa shape index (κ3) is 29.5. The van der Waals surface area contributed by atoms with Crippen molar-refractivity contribution in [2.24, 2.45) is 83.2 Å². The lowest BCUT2D eigenvalue weighted by Crippen LogP contribution is -2.32. The molecular formula is C92H116F8N10O14. The van der Waals surface area contributed by atoms with Crippen LogP contribution >= 0.6 is 0 Å². The van der Waals surface area contributed by atoms with E-state index in [1.807, 2.05) is 76.2 Å². The number of benzene rings is 5. The number of nitrogens with zero attached hydrogens (tertiary/aromatic N) is 5. The van der Waals surface area contributed by atoms with Crippen LogP contribution in [0.1, 0.15) is 180 Å². The molecule has 5 aliphatic rings. The molecule has 0 aliphatic carbocycles. The first-order chi connectivity index (χ1) is 57.9. The summed E-state index contributed by atoms with van der Waals surface area (Å²) >= 11 is 0. The van der Waals surface area contributed by atoms with Crippen molar-refractivity contribution in [3.8, 4) is 0 Å². The molecule has 0 amide bonds. The SMILES string of the molecule is CC(C)C(=O)Cc1ccc(F)c([C@]2(C)C=C(CF)OC(N)=N2)c1.CC(C)C(=O)Cc1ccc(F)c([C@]2(C)C=C(COC(F)F)OC(N)=N2)c1.CC(C)OCC1=C[C@@](C)(c2cc(CC(=O)C(C)C)ccc2F)N=C(N)O1.CCOCC1=C[C@@](C)(c2cc(CC(=O)C(C)C)ccc2F)N=C(N)O1.COCC1=C[C@@](C)(c2cc(CC(=O)C(C)C)ccc2F)N=C(N)O1. The summed E-state index contributed by atoms with van der Waals surface area (Å²) in [5.74, 6) is -0.942. The minimum absolute atomic E-state index is 0.00311. The van der Waals surface area contributed by atoms with Crippen LogP contribution in [0.4, 0.5) is 35.1 Å². The highest BCUT2D eigenvalue weighted by Gasteiger charge is 2.39. The Bertz CT molecular complexity index is 4870. The van der Waals surface area contributed by atoms with Gasteiger partial charge in [0.1, 0.15) is 148 Å². The fourth-order valence-electron chi connectivity index (χ4n) is 13.0.